The van der Waals surface area contributed by atoms with Gasteiger partial charge in [0.05, 0.1) is 0 Å². The molecule has 0 amide bonds. The lowest BCUT2D eigenvalue weighted by Crippen LogP contribution is -2.19. The summed E-state index contributed by atoms with van der Waals surface area (Å²) in [5.41, 5.74) is 0. The van der Waals surface area contributed by atoms with E-state index in [1.54, 1.807) is 0 Å². The Hall–Kier alpha value is -1.11. The lowest BCUT2D eigenvalue weighted by atomic mass is 10.5. The van der Waals surface area contributed by atoms with Crippen LogP contribution in [0.3, 0.4) is 0 Å². The first-order valence-corrected chi connectivity index (χ1v) is 3.90. The number of nitrogens with one attached hydrogen (secondary N) is 2. The summed E-state index contributed by atoms with van der Waals surface area (Å²) in [6.45, 7) is 1.90. The van der Waals surface area contributed by atoms with Crippen molar-refractivity contribution < 1.29 is 0 Å². The number of hydrogen-bond acceptors (Lipinski definition) is 6. The molecular formula is C4H6N6S. The molecule has 58 valence electrons. The third kappa shape index (κ3) is 1.18. The van der Waals surface area contributed by atoms with Crippen molar-refractivity contribution in [1.29, 1.82) is 0 Å². The third-order valence-corrected chi connectivity index (χ3v) is 2.15. The number of aromatic amines is 1. The summed E-state index contributed by atoms with van der Waals surface area (Å²) >= 11 is 1.40. The summed E-state index contributed by atoms with van der Waals surface area (Å²) in [4.78, 5) is 0. The quantitative estimate of drug-likeness (QED) is 0.574. The van der Waals surface area contributed by atoms with Crippen LogP contribution in [0, 0.1) is 0 Å². The largest absolute Gasteiger partial charge is 0.353 e. The molecule has 0 bridgehead atoms. The SMILES string of the molecule is CC1=NSC(c2nn[nH]n2)N1. The van der Waals surface area contributed by atoms with E-state index in [-0.39, 0.29) is 5.37 Å². The number of aromatic nitrogens is 4. The zero-order valence-electron chi connectivity index (χ0n) is 5.77. The highest BCUT2D eigenvalue weighted by atomic mass is 32.2. The number of nitrogens with zero attached hydrogens (tertiary/aromatic N) is 4. The minimum absolute atomic E-state index is 0.0220. The second kappa shape index (κ2) is 2.50. The van der Waals surface area contributed by atoms with Gasteiger partial charge in [0.25, 0.3) is 0 Å². The van der Waals surface area contributed by atoms with Gasteiger partial charge in [-0.2, -0.15) is 5.21 Å². The summed E-state index contributed by atoms with van der Waals surface area (Å²) in [6, 6.07) is 0. The molecular weight excluding hydrogens is 164 g/mol. The third-order valence-electron chi connectivity index (χ3n) is 1.23. The second-order valence-electron chi connectivity index (χ2n) is 2.08. The summed E-state index contributed by atoms with van der Waals surface area (Å²) in [5, 5.41) is 16.6. The topological polar surface area (TPSA) is 78.8 Å². The Morgan fingerprint density at radius 1 is 1.55 bits per heavy atom. The van der Waals surface area contributed by atoms with Gasteiger partial charge < -0.3 is 5.32 Å². The molecule has 0 radical (unpaired) electrons. The van der Waals surface area contributed by atoms with Gasteiger partial charge >= 0.3 is 0 Å². The van der Waals surface area contributed by atoms with Crippen molar-refractivity contribution >= 4 is 17.8 Å². The van der Waals surface area contributed by atoms with Gasteiger partial charge in [-0.25, -0.2) is 4.40 Å². The monoisotopic (exact) mass is 170 g/mol. The summed E-state index contributed by atoms with van der Waals surface area (Å²) < 4.78 is 4.07. The van der Waals surface area contributed by atoms with Crippen LogP contribution in [0.15, 0.2) is 4.40 Å². The number of H-pyrrole nitrogens is 1. The summed E-state index contributed by atoms with van der Waals surface area (Å²) in [6.07, 6.45) is 0. The maximum absolute atomic E-state index is 4.07. The highest BCUT2D eigenvalue weighted by Gasteiger charge is 2.21. The molecule has 2 N–H and O–H groups in total. The molecule has 0 saturated carbocycles. The molecule has 0 saturated heterocycles. The molecule has 1 aromatic heterocycles. The Balaban J connectivity index is 2.11. The predicted octanol–water partition coefficient (Wildman–Crippen LogP) is -0.132. The van der Waals surface area contributed by atoms with Gasteiger partial charge in [0.15, 0.2) is 5.37 Å². The van der Waals surface area contributed by atoms with E-state index in [4.69, 9.17) is 0 Å². The molecule has 11 heavy (non-hydrogen) atoms. The smallest absolute Gasteiger partial charge is 0.208 e. The zero-order chi connectivity index (χ0) is 7.68. The molecule has 1 aliphatic heterocycles. The van der Waals surface area contributed by atoms with E-state index in [0.717, 1.165) is 5.84 Å². The number of tetrazole rings is 1. The van der Waals surface area contributed by atoms with Crippen LogP contribution in [0.5, 0.6) is 0 Å². The van der Waals surface area contributed by atoms with Crippen molar-refractivity contribution in [1.82, 2.24) is 25.9 Å². The van der Waals surface area contributed by atoms with Gasteiger partial charge in [0.1, 0.15) is 5.84 Å². The predicted molar refractivity (Wildman–Crippen MR) is 40.8 cm³/mol. The average molecular weight is 170 g/mol. The minimum atomic E-state index is 0.0220. The van der Waals surface area contributed by atoms with Crippen LogP contribution in [0.1, 0.15) is 18.1 Å². The van der Waals surface area contributed by atoms with Crippen LogP contribution < -0.4 is 5.32 Å². The van der Waals surface area contributed by atoms with Crippen LogP contribution in [0.2, 0.25) is 0 Å². The van der Waals surface area contributed by atoms with E-state index < -0.39 is 0 Å². The molecule has 7 heteroatoms. The van der Waals surface area contributed by atoms with E-state index in [1.165, 1.54) is 11.9 Å². The van der Waals surface area contributed by atoms with Crippen LogP contribution in [0.4, 0.5) is 0 Å². The van der Waals surface area contributed by atoms with E-state index >= 15 is 0 Å². The molecule has 2 rings (SSSR count). The molecule has 1 aliphatic rings. The number of rotatable bonds is 1. The Kier molecular flexibility index (Phi) is 1.50. The van der Waals surface area contributed by atoms with Crippen molar-refractivity contribution in [2.24, 2.45) is 4.40 Å². The number of amidine groups is 1. The van der Waals surface area contributed by atoms with E-state index in [9.17, 15) is 0 Å². The van der Waals surface area contributed by atoms with Crippen LogP contribution >= 0.6 is 11.9 Å². The van der Waals surface area contributed by atoms with Gasteiger partial charge in [0.2, 0.25) is 5.82 Å². The standard InChI is InChI=1S/C4H6N6S/c1-2-5-4(11-8-2)3-6-9-10-7-3/h4H,1H3,(H,5,8)(H,6,7,9,10). The van der Waals surface area contributed by atoms with E-state index in [0.29, 0.717) is 5.82 Å². The van der Waals surface area contributed by atoms with Crippen LogP contribution in [-0.4, -0.2) is 26.5 Å². The summed E-state index contributed by atoms with van der Waals surface area (Å²) in [7, 11) is 0. The Morgan fingerprint density at radius 3 is 3.00 bits per heavy atom. The summed E-state index contributed by atoms with van der Waals surface area (Å²) in [5.74, 6) is 1.53. The first-order chi connectivity index (χ1) is 5.36. The maximum atomic E-state index is 4.07. The fourth-order valence-corrected chi connectivity index (χ4v) is 1.50. The molecule has 1 unspecified atom stereocenters. The van der Waals surface area contributed by atoms with Crippen LogP contribution in [-0.2, 0) is 0 Å². The van der Waals surface area contributed by atoms with Gasteiger partial charge in [-0.15, -0.1) is 10.2 Å². The first-order valence-electron chi connectivity index (χ1n) is 3.06. The van der Waals surface area contributed by atoms with Crippen molar-refractivity contribution in [3.05, 3.63) is 5.82 Å². The first kappa shape index (κ1) is 6.59. The van der Waals surface area contributed by atoms with E-state index in [1.807, 2.05) is 6.92 Å². The minimum Gasteiger partial charge on any atom is -0.353 e. The normalized spacial score (nSPS) is 23.0. The van der Waals surface area contributed by atoms with Crippen molar-refractivity contribution in [3.8, 4) is 0 Å². The molecule has 1 aromatic rings. The Bertz CT molecular complexity index is 266. The molecule has 6 nitrogen and oxygen atoms in total. The second-order valence-corrected chi connectivity index (χ2v) is 2.94. The lowest BCUT2D eigenvalue weighted by molar-refractivity contribution is 0.819. The average Bonchev–Trinajstić information content (AvgIpc) is 2.55. The highest BCUT2D eigenvalue weighted by Crippen LogP contribution is 2.27. The van der Waals surface area contributed by atoms with Crippen molar-refractivity contribution in [2.45, 2.75) is 12.3 Å². The van der Waals surface area contributed by atoms with Crippen molar-refractivity contribution in [2.75, 3.05) is 0 Å². The maximum Gasteiger partial charge on any atom is 0.208 e. The zero-order valence-corrected chi connectivity index (χ0v) is 6.59. The fraction of sp³-hybridized carbons (Fsp3) is 0.500. The molecule has 1 atom stereocenters. The highest BCUT2D eigenvalue weighted by molar-refractivity contribution is 7.98. The Morgan fingerprint density at radius 2 is 2.45 bits per heavy atom. The van der Waals surface area contributed by atoms with Gasteiger partial charge in [-0.05, 0) is 6.92 Å². The van der Waals surface area contributed by atoms with Gasteiger partial charge in [0, 0.05) is 11.9 Å². The molecule has 0 spiro atoms. The molecule has 0 fully saturated rings. The van der Waals surface area contributed by atoms with Gasteiger partial charge in [-0.1, -0.05) is 5.21 Å². The Labute approximate surface area is 67.0 Å². The van der Waals surface area contributed by atoms with E-state index in [2.05, 4.69) is 30.3 Å². The number of hydrogen-bond donors (Lipinski definition) is 2. The van der Waals surface area contributed by atoms with Crippen LogP contribution in [0.25, 0.3) is 0 Å². The fourth-order valence-electron chi connectivity index (χ4n) is 0.766. The van der Waals surface area contributed by atoms with Gasteiger partial charge in [-0.3, -0.25) is 0 Å². The molecule has 0 aliphatic carbocycles. The molecule has 0 aromatic carbocycles. The lowest BCUT2D eigenvalue weighted by Gasteiger charge is -2.01. The molecule has 2 heterocycles. The van der Waals surface area contributed by atoms with Crippen molar-refractivity contribution in [3.63, 3.8) is 0 Å².